The smallest absolute Gasteiger partial charge is 0.388 e. The lowest BCUT2D eigenvalue weighted by Crippen LogP contribution is -2.40. The van der Waals surface area contributed by atoms with Gasteiger partial charge in [0.1, 0.15) is 0 Å². The van der Waals surface area contributed by atoms with E-state index in [0.717, 1.165) is 0 Å². The fraction of sp³-hybridized carbons (Fsp3) is 1.00. The second-order valence-electron chi connectivity index (χ2n) is 3.16. The Labute approximate surface area is 81.2 Å². The van der Waals surface area contributed by atoms with Gasteiger partial charge >= 0.3 is 6.18 Å². The van der Waals surface area contributed by atoms with E-state index in [9.17, 15) is 18.3 Å². The van der Waals surface area contributed by atoms with Gasteiger partial charge < -0.3 is 5.11 Å². The molecule has 2 N–H and O–H groups in total. The molecule has 0 aliphatic carbocycles. The van der Waals surface area contributed by atoms with Crippen LogP contribution in [0, 0.1) is 0 Å². The molecule has 0 atom stereocenters. The average Bonchev–Trinajstić information content (AvgIpc) is 2.11. The minimum Gasteiger partial charge on any atom is -0.388 e. The van der Waals surface area contributed by atoms with Crippen molar-refractivity contribution in [3.63, 3.8) is 0 Å². The molecule has 3 nitrogen and oxygen atoms in total. The van der Waals surface area contributed by atoms with Crippen molar-refractivity contribution in [2.45, 2.75) is 38.5 Å². The van der Waals surface area contributed by atoms with Crippen LogP contribution in [0.1, 0.15) is 26.7 Å². The first kappa shape index (κ1) is 13.7. The Morgan fingerprint density at radius 3 is 2.07 bits per heavy atom. The largest absolute Gasteiger partial charge is 0.413 e. The van der Waals surface area contributed by atoms with Gasteiger partial charge in [0.25, 0.3) is 0 Å². The van der Waals surface area contributed by atoms with E-state index >= 15 is 0 Å². The van der Waals surface area contributed by atoms with Gasteiger partial charge in [-0.25, -0.2) is 0 Å². The molecule has 0 amide bonds. The van der Waals surface area contributed by atoms with Crippen LogP contribution >= 0.6 is 0 Å². The predicted molar refractivity (Wildman–Crippen MR) is 45.5 cm³/mol. The monoisotopic (exact) mass is 215 g/mol. The first-order chi connectivity index (χ1) is 6.33. The summed E-state index contributed by atoms with van der Waals surface area (Å²) in [5.41, 5.74) is 1.12. The van der Waals surface area contributed by atoms with Gasteiger partial charge in [0.05, 0.1) is 5.60 Å². The Morgan fingerprint density at radius 2 is 1.71 bits per heavy atom. The van der Waals surface area contributed by atoms with Crippen LogP contribution in [0.25, 0.3) is 0 Å². The van der Waals surface area contributed by atoms with Gasteiger partial charge in [-0.1, -0.05) is 13.8 Å². The van der Waals surface area contributed by atoms with Crippen LogP contribution in [0.4, 0.5) is 13.2 Å². The van der Waals surface area contributed by atoms with Gasteiger partial charge in [0, 0.05) is 6.54 Å². The number of aliphatic hydroxyl groups is 1. The molecule has 0 aliphatic rings. The second-order valence-corrected chi connectivity index (χ2v) is 3.16. The molecule has 6 heteroatoms. The van der Waals surface area contributed by atoms with Crippen LogP contribution in [0.2, 0.25) is 0 Å². The molecule has 0 fully saturated rings. The summed E-state index contributed by atoms with van der Waals surface area (Å²) in [6.45, 7) is 2.16. The number of hydroxylamine groups is 1. The van der Waals surface area contributed by atoms with E-state index in [4.69, 9.17) is 0 Å². The number of alkyl halides is 3. The summed E-state index contributed by atoms with van der Waals surface area (Å²) in [5.74, 6) is 0. The van der Waals surface area contributed by atoms with Crippen LogP contribution in [0.3, 0.4) is 0 Å². The summed E-state index contributed by atoms with van der Waals surface area (Å²) in [5, 5.41) is 9.63. The number of hydrogen-bond acceptors (Lipinski definition) is 3. The molecule has 0 saturated heterocycles. The quantitative estimate of drug-likeness (QED) is 0.522. The fourth-order valence-electron chi connectivity index (χ4n) is 0.818. The van der Waals surface area contributed by atoms with Crippen LogP contribution in [0.15, 0.2) is 0 Å². The molecule has 0 heterocycles. The average molecular weight is 215 g/mol. The maximum absolute atomic E-state index is 11.6. The summed E-state index contributed by atoms with van der Waals surface area (Å²) in [7, 11) is 0. The third-order valence-corrected chi connectivity index (χ3v) is 2.06. The van der Waals surface area contributed by atoms with Crippen molar-refractivity contribution in [1.29, 1.82) is 0 Å². The van der Waals surface area contributed by atoms with Crippen molar-refractivity contribution >= 4 is 0 Å². The highest BCUT2D eigenvalue weighted by Crippen LogP contribution is 2.15. The highest BCUT2D eigenvalue weighted by molar-refractivity contribution is 4.75. The van der Waals surface area contributed by atoms with E-state index < -0.39 is 18.4 Å². The van der Waals surface area contributed by atoms with Crippen molar-refractivity contribution in [1.82, 2.24) is 5.48 Å². The van der Waals surface area contributed by atoms with E-state index in [0.29, 0.717) is 12.8 Å². The summed E-state index contributed by atoms with van der Waals surface area (Å²) in [6.07, 6.45) is -3.42. The molecule has 0 radical (unpaired) electrons. The molecule has 0 bridgehead atoms. The Hall–Kier alpha value is -0.330. The summed E-state index contributed by atoms with van der Waals surface area (Å²) < 4.78 is 34.8. The van der Waals surface area contributed by atoms with Crippen LogP contribution in [-0.4, -0.2) is 30.0 Å². The molecule has 0 spiro atoms. The van der Waals surface area contributed by atoms with Gasteiger partial charge in [-0.05, 0) is 12.8 Å². The zero-order valence-electron chi connectivity index (χ0n) is 8.32. The topological polar surface area (TPSA) is 41.5 Å². The van der Waals surface area contributed by atoms with Crippen molar-refractivity contribution in [3.8, 4) is 0 Å². The number of hydrogen-bond donors (Lipinski definition) is 2. The lowest BCUT2D eigenvalue weighted by Gasteiger charge is -2.25. The molecule has 0 aromatic carbocycles. The highest BCUT2D eigenvalue weighted by Gasteiger charge is 2.28. The molecular weight excluding hydrogens is 199 g/mol. The van der Waals surface area contributed by atoms with Crippen molar-refractivity contribution in [3.05, 3.63) is 0 Å². The SMILES string of the molecule is CCC(O)(CC)CNOCC(F)(F)F. The summed E-state index contributed by atoms with van der Waals surface area (Å²) >= 11 is 0. The van der Waals surface area contributed by atoms with Crippen LogP contribution < -0.4 is 5.48 Å². The van der Waals surface area contributed by atoms with Gasteiger partial charge in [-0.2, -0.15) is 18.7 Å². The normalized spacial score (nSPS) is 13.3. The lowest BCUT2D eigenvalue weighted by atomic mass is 9.98. The molecule has 0 unspecified atom stereocenters. The lowest BCUT2D eigenvalue weighted by molar-refractivity contribution is -0.193. The molecule has 0 aliphatic heterocycles. The predicted octanol–water partition coefficient (Wildman–Crippen LogP) is 1.62. The zero-order valence-corrected chi connectivity index (χ0v) is 8.32. The summed E-state index contributed by atoms with van der Waals surface area (Å²) in [4.78, 5) is 4.16. The Bertz CT molecular complexity index is 157. The van der Waals surface area contributed by atoms with Crippen molar-refractivity contribution in [2.75, 3.05) is 13.2 Å². The van der Waals surface area contributed by atoms with E-state index in [1.165, 1.54) is 0 Å². The molecule has 0 aromatic heterocycles. The third-order valence-electron chi connectivity index (χ3n) is 2.06. The van der Waals surface area contributed by atoms with Crippen molar-refractivity contribution < 1.29 is 23.1 Å². The standard InChI is InChI=1S/C8H16F3NO2/c1-3-7(13,4-2)5-12-14-6-8(9,10)11/h12-13H,3-6H2,1-2H3. The van der Waals surface area contributed by atoms with Gasteiger partial charge in [0.15, 0.2) is 6.61 Å². The Kier molecular flexibility index (Phi) is 5.40. The minimum atomic E-state index is -4.34. The number of rotatable bonds is 6. The van der Waals surface area contributed by atoms with E-state index in [1.54, 1.807) is 13.8 Å². The molecule has 0 aromatic rings. The number of nitrogens with one attached hydrogen (secondary N) is 1. The van der Waals surface area contributed by atoms with Crippen molar-refractivity contribution in [2.24, 2.45) is 0 Å². The Morgan fingerprint density at radius 1 is 1.21 bits per heavy atom. The molecule has 86 valence electrons. The van der Waals surface area contributed by atoms with Gasteiger partial charge in [-0.3, -0.25) is 4.84 Å². The van der Waals surface area contributed by atoms with Gasteiger partial charge in [-0.15, -0.1) is 0 Å². The first-order valence-electron chi connectivity index (χ1n) is 4.47. The van der Waals surface area contributed by atoms with Crippen LogP contribution in [-0.2, 0) is 4.84 Å². The number of halogens is 3. The molecule has 0 rings (SSSR count). The van der Waals surface area contributed by atoms with E-state index in [-0.39, 0.29) is 6.54 Å². The van der Waals surface area contributed by atoms with E-state index in [1.807, 2.05) is 0 Å². The summed E-state index contributed by atoms with van der Waals surface area (Å²) in [6, 6.07) is 0. The molecular formula is C8H16F3NO2. The Balaban J connectivity index is 3.63. The molecule has 0 saturated carbocycles. The zero-order chi connectivity index (χ0) is 11.2. The maximum atomic E-state index is 11.6. The highest BCUT2D eigenvalue weighted by atomic mass is 19.4. The first-order valence-corrected chi connectivity index (χ1v) is 4.47. The third kappa shape index (κ3) is 6.17. The second kappa shape index (κ2) is 5.53. The maximum Gasteiger partial charge on any atom is 0.413 e. The fourth-order valence-corrected chi connectivity index (χ4v) is 0.818. The minimum absolute atomic E-state index is 0.00389. The van der Waals surface area contributed by atoms with Gasteiger partial charge in [0.2, 0.25) is 0 Å². The molecule has 14 heavy (non-hydrogen) atoms. The van der Waals surface area contributed by atoms with E-state index in [2.05, 4.69) is 10.3 Å². The van der Waals surface area contributed by atoms with Crippen LogP contribution in [0.5, 0.6) is 0 Å².